The van der Waals surface area contributed by atoms with Crippen molar-refractivity contribution in [2.24, 2.45) is 0 Å². The van der Waals surface area contributed by atoms with E-state index < -0.39 is 12.1 Å². The lowest BCUT2D eigenvalue weighted by atomic mass is 9.85. The molecule has 2 aliphatic heterocycles. The molecule has 0 amide bonds. The van der Waals surface area contributed by atoms with E-state index in [-0.39, 0.29) is 11.0 Å². The van der Waals surface area contributed by atoms with Gasteiger partial charge < -0.3 is 5.11 Å². The van der Waals surface area contributed by atoms with E-state index >= 15 is 0 Å². The van der Waals surface area contributed by atoms with Crippen LogP contribution in [0.25, 0.3) is 11.3 Å². The van der Waals surface area contributed by atoms with Crippen LogP contribution in [-0.2, 0) is 16.8 Å². The Balaban J connectivity index is 0.000000318. The van der Waals surface area contributed by atoms with E-state index in [4.69, 9.17) is 9.90 Å². The van der Waals surface area contributed by atoms with Crippen LogP contribution in [0.1, 0.15) is 32.5 Å². The molecule has 8 nitrogen and oxygen atoms in total. The van der Waals surface area contributed by atoms with Crippen LogP contribution in [-0.4, -0.2) is 61.0 Å². The molecule has 1 atom stereocenters. The lowest BCUT2D eigenvalue weighted by Crippen LogP contribution is -2.35. The maximum Gasteiger partial charge on any atom is 0.490 e. The largest absolute Gasteiger partial charge is 0.490 e. The number of nitrogens with zero attached hydrogens (tertiary/aromatic N) is 5. The predicted molar refractivity (Wildman–Crippen MR) is 101 cm³/mol. The van der Waals surface area contributed by atoms with Crippen LogP contribution in [0.15, 0.2) is 29.3 Å². The van der Waals surface area contributed by atoms with Crippen molar-refractivity contribution in [3.63, 3.8) is 0 Å². The van der Waals surface area contributed by atoms with Gasteiger partial charge in [0.15, 0.2) is 5.69 Å². The summed E-state index contributed by atoms with van der Waals surface area (Å²) in [5, 5.41) is 15.9. The van der Waals surface area contributed by atoms with Crippen molar-refractivity contribution in [1.29, 1.82) is 0 Å². The van der Waals surface area contributed by atoms with Crippen molar-refractivity contribution in [3.8, 4) is 11.3 Å². The third kappa shape index (κ3) is 4.20. The van der Waals surface area contributed by atoms with E-state index in [0.717, 1.165) is 43.9 Å². The molecule has 2 aromatic rings. The lowest BCUT2D eigenvalue weighted by molar-refractivity contribution is -0.192. The number of carboxylic acids is 1. The molecule has 0 aliphatic carbocycles. The van der Waals surface area contributed by atoms with E-state index in [9.17, 15) is 18.0 Å². The number of carboxylic acid groups (broad SMARTS) is 1. The number of aromatic nitrogens is 4. The van der Waals surface area contributed by atoms with Gasteiger partial charge in [0.1, 0.15) is 5.82 Å². The highest BCUT2D eigenvalue weighted by atomic mass is 19.4. The highest BCUT2D eigenvalue weighted by Crippen LogP contribution is 2.41. The van der Waals surface area contributed by atoms with Gasteiger partial charge in [0.2, 0.25) is 0 Å². The number of rotatable bonds is 2. The van der Waals surface area contributed by atoms with Crippen LogP contribution in [0.3, 0.4) is 0 Å². The zero-order valence-electron chi connectivity index (χ0n) is 16.6. The van der Waals surface area contributed by atoms with E-state index in [1.807, 2.05) is 4.57 Å². The summed E-state index contributed by atoms with van der Waals surface area (Å²) in [6.07, 6.45) is 0.314. The molecule has 11 heteroatoms. The third-order valence-corrected chi connectivity index (χ3v) is 5.55. The molecular formula is C19H22F3N5O3. The van der Waals surface area contributed by atoms with Crippen LogP contribution in [0.2, 0.25) is 0 Å². The Morgan fingerprint density at radius 2 is 1.77 bits per heavy atom. The molecule has 1 saturated heterocycles. The van der Waals surface area contributed by atoms with Crippen molar-refractivity contribution >= 4 is 5.97 Å². The molecule has 4 heterocycles. The summed E-state index contributed by atoms with van der Waals surface area (Å²) in [6.45, 7) is 7.24. The minimum atomic E-state index is -5.08. The predicted octanol–water partition coefficient (Wildman–Crippen LogP) is 2.09. The summed E-state index contributed by atoms with van der Waals surface area (Å²) in [6, 6.07) is 4.14. The van der Waals surface area contributed by atoms with Crippen LogP contribution in [0, 0.1) is 0 Å². The molecule has 2 aromatic heterocycles. The summed E-state index contributed by atoms with van der Waals surface area (Å²) in [4.78, 5) is 28.2. The maximum atomic E-state index is 12.8. The van der Waals surface area contributed by atoms with Crippen molar-refractivity contribution in [2.45, 2.75) is 50.9 Å². The molecule has 1 fully saturated rings. The highest BCUT2D eigenvalue weighted by Gasteiger charge is 2.47. The van der Waals surface area contributed by atoms with Gasteiger partial charge in [-0.2, -0.15) is 13.2 Å². The molecule has 30 heavy (non-hydrogen) atoms. The molecule has 0 radical (unpaired) electrons. The summed E-state index contributed by atoms with van der Waals surface area (Å²) in [7, 11) is 0. The van der Waals surface area contributed by atoms with Crippen LogP contribution in [0.5, 0.6) is 0 Å². The van der Waals surface area contributed by atoms with Gasteiger partial charge in [-0.15, -0.1) is 10.2 Å². The van der Waals surface area contributed by atoms with E-state index in [2.05, 4.69) is 33.9 Å². The SMILES string of the molecule is CC(C)N1CCC2(CCn3c2nnc(-c2ccncc2)c3=O)C1.O=C(O)C(F)(F)F. The van der Waals surface area contributed by atoms with Crippen molar-refractivity contribution in [2.75, 3.05) is 13.1 Å². The van der Waals surface area contributed by atoms with Crippen LogP contribution in [0.4, 0.5) is 13.2 Å². The molecule has 0 saturated carbocycles. The Kier molecular flexibility index (Phi) is 5.93. The average molecular weight is 425 g/mol. The second-order valence-electron chi connectivity index (χ2n) is 7.71. The average Bonchev–Trinajstić information content (AvgIpc) is 3.28. The van der Waals surface area contributed by atoms with Crippen LogP contribution >= 0.6 is 0 Å². The Morgan fingerprint density at radius 1 is 1.17 bits per heavy atom. The van der Waals surface area contributed by atoms with Crippen molar-refractivity contribution in [3.05, 3.63) is 40.7 Å². The molecule has 2 aliphatic rings. The summed E-state index contributed by atoms with van der Waals surface area (Å²) >= 11 is 0. The first kappa shape index (κ1) is 21.9. The zero-order valence-corrected chi connectivity index (χ0v) is 16.6. The molecule has 0 bridgehead atoms. The molecule has 1 unspecified atom stereocenters. The molecular weight excluding hydrogens is 403 g/mol. The van der Waals surface area contributed by atoms with E-state index in [0.29, 0.717) is 11.7 Å². The minimum Gasteiger partial charge on any atom is -0.475 e. The first-order valence-electron chi connectivity index (χ1n) is 9.48. The van der Waals surface area contributed by atoms with Gasteiger partial charge in [-0.3, -0.25) is 19.2 Å². The highest BCUT2D eigenvalue weighted by molar-refractivity contribution is 5.73. The quantitative estimate of drug-likeness (QED) is 0.786. The molecule has 162 valence electrons. The van der Waals surface area contributed by atoms with Crippen molar-refractivity contribution < 1.29 is 23.1 Å². The Bertz CT molecular complexity index is 978. The molecule has 0 aromatic carbocycles. The molecule has 4 rings (SSSR count). The van der Waals surface area contributed by atoms with Gasteiger partial charge >= 0.3 is 12.1 Å². The summed E-state index contributed by atoms with van der Waals surface area (Å²) in [5.74, 6) is -1.88. The first-order valence-corrected chi connectivity index (χ1v) is 9.48. The summed E-state index contributed by atoms with van der Waals surface area (Å²) < 4.78 is 33.6. The van der Waals surface area contributed by atoms with Gasteiger partial charge in [0, 0.05) is 42.5 Å². The Hall–Kier alpha value is -2.82. The number of carbonyl (C=O) groups is 1. The summed E-state index contributed by atoms with van der Waals surface area (Å²) in [5.41, 5.74) is 1.18. The number of fused-ring (bicyclic) bond motifs is 2. The van der Waals surface area contributed by atoms with Gasteiger partial charge in [-0.05, 0) is 45.4 Å². The fraction of sp³-hybridized carbons (Fsp3) is 0.526. The monoisotopic (exact) mass is 425 g/mol. The number of aliphatic carboxylic acids is 1. The number of halogens is 3. The van der Waals surface area contributed by atoms with E-state index in [1.54, 1.807) is 24.5 Å². The van der Waals surface area contributed by atoms with Gasteiger partial charge in [0.25, 0.3) is 5.56 Å². The van der Waals surface area contributed by atoms with Gasteiger partial charge in [-0.25, -0.2) is 4.79 Å². The maximum absolute atomic E-state index is 12.8. The number of likely N-dealkylation sites (tertiary alicyclic amines) is 1. The van der Waals surface area contributed by atoms with Gasteiger partial charge in [-0.1, -0.05) is 0 Å². The fourth-order valence-corrected chi connectivity index (χ4v) is 3.88. The minimum absolute atomic E-state index is 0.00715. The normalized spacial score (nSPS) is 20.9. The number of alkyl halides is 3. The second kappa shape index (κ2) is 8.13. The molecule has 1 N–H and O–H groups in total. The zero-order chi connectivity index (χ0) is 22.1. The third-order valence-electron chi connectivity index (χ3n) is 5.55. The van der Waals surface area contributed by atoms with Gasteiger partial charge in [0.05, 0.1) is 0 Å². The van der Waals surface area contributed by atoms with Crippen molar-refractivity contribution in [1.82, 2.24) is 24.6 Å². The lowest BCUT2D eigenvalue weighted by Gasteiger charge is -2.25. The standard InChI is InChI=1S/C17H21N5O.C2HF3O2/c1-12(2)21-9-5-17(11-21)6-10-22-15(23)14(19-20-16(17)22)13-3-7-18-8-4-13;3-2(4,5)1(6)7/h3-4,7-8,12H,5-6,9-11H2,1-2H3;(H,6,7). The number of hydrogen-bond donors (Lipinski definition) is 1. The second-order valence-corrected chi connectivity index (χ2v) is 7.71. The topological polar surface area (TPSA) is 101 Å². The Labute approximate surface area is 170 Å². The molecule has 1 spiro atoms. The number of pyridine rings is 1. The number of hydrogen-bond acceptors (Lipinski definition) is 6. The Morgan fingerprint density at radius 3 is 2.30 bits per heavy atom. The van der Waals surface area contributed by atoms with E-state index in [1.165, 1.54) is 0 Å². The smallest absolute Gasteiger partial charge is 0.475 e. The first-order chi connectivity index (χ1) is 14.0. The van der Waals surface area contributed by atoms with Crippen LogP contribution < -0.4 is 5.56 Å². The fourth-order valence-electron chi connectivity index (χ4n) is 3.88.